The average Bonchev–Trinajstić information content (AvgIpc) is 2.79. The molecule has 2 aromatic carbocycles. The summed E-state index contributed by atoms with van der Waals surface area (Å²) in [4.78, 5) is 14.8. The van der Waals surface area contributed by atoms with Gasteiger partial charge < -0.3 is 24.4 Å². The number of hydrogen-bond acceptors (Lipinski definition) is 5. The molecule has 1 aliphatic rings. The first kappa shape index (κ1) is 22.6. The van der Waals surface area contributed by atoms with Crippen LogP contribution in [0.15, 0.2) is 59.8 Å². The topological polar surface area (TPSA) is 60.0 Å². The van der Waals surface area contributed by atoms with Crippen LogP contribution < -0.4 is 14.8 Å². The lowest BCUT2D eigenvalue weighted by molar-refractivity contribution is -0.139. The first-order valence-electron chi connectivity index (χ1n) is 10.2. The molecule has 0 aromatic heterocycles. The number of nitrogens with zero attached hydrogens (tertiary/aromatic N) is 1. The van der Waals surface area contributed by atoms with Gasteiger partial charge in [0.25, 0.3) is 0 Å². The summed E-state index contributed by atoms with van der Waals surface area (Å²) in [6.45, 7) is 4.65. The molecule has 0 spiro atoms. The maximum absolute atomic E-state index is 12.9. The molecule has 164 valence electrons. The Kier molecular flexibility index (Phi) is 7.52. The van der Waals surface area contributed by atoms with Crippen molar-refractivity contribution in [1.29, 1.82) is 0 Å². The van der Waals surface area contributed by atoms with E-state index in [1.54, 1.807) is 21.1 Å². The van der Waals surface area contributed by atoms with Gasteiger partial charge >= 0.3 is 5.97 Å². The lowest BCUT2D eigenvalue weighted by atomic mass is 9.95. The molecule has 1 atom stereocenters. The van der Waals surface area contributed by atoms with Crippen LogP contribution in [0.2, 0.25) is 0 Å². The quantitative estimate of drug-likeness (QED) is 0.491. The number of methoxy groups -OCH3 is 2. The Morgan fingerprint density at radius 3 is 2.45 bits per heavy atom. The summed E-state index contributed by atoms with van der Waals surface area (Å²) in [5.74, 6) is 1.04. The van der Waals surface area contributed by atoms with Crippen molar-refractivity contribution in [2.45, 2.75) is 26.3 Å². The van der Waals surface area contributed by atoms with Crippen LogP contribution in [0, 0.1) is 0 Å². The summed E-state index contributed by atoms with van der Waals surface area (Å²) in [5.41, 5.74) is 3.42. The van der Waals surface area contributed by atoms with Crippen LogP contribution in [-0.2, 0) is 16.0 Å². The lowest BCUT2D eigenvalue weighted by Crippen LogP contribution is -2.48. The predicted molar refractivity (Wildman–Crippen MR) is 124 cm³/mol. The normalized spacial score (nSPS) is 16.1. The monoisotopic (exact) mass is 440 g/mol. The minimum atomic E-state index is -0.343. The van der Waals surface area contributed by atoms with Gasteiger partial charge in [0.05, 0.1) is 32.4 Å². The number of allylic oxidation sites excluding steroid dienone is 1. The van der Waals surface area contributed by atoms with E-state index in [0.717, 1.165) is 16.8 Å². The first-order valence-corrected chi connectivity index (χ1v) is 10.6. The molecule has 2 aromatic rings. The molecule has 0 fully saturated rings. The van der Waals surface area contributed by atoms with E-state index in [1.165, 1.54) is 0 Å². The van der Waals surface area contributed by atoms with Gasteiger partial charge in [-0.2, -0.15) is 0 Å². The standard InChI is InChI=1S/C24H28N2O4S/c1-5-30-23(27)21-16(2)26(24(31)25-22(21)18-9-7-6-8-10-18)14-13-17-11-12-19(28-3)20(15-17)29-4/h6-12,15,22H,5,13-14H2,1-4H3,(H,25,31). The summed E-state index contributed by atoms with van der Waals surface area (Å²) in [7, 11) is 3.23. The van der Waals surface area contributed by atoms with E-state index in [0.29, 0.717) is 41.8 Å². The fourth-order valence-corrected chi connectivity index (χ4v) is 4.04. The van der Waals surface area contributed by atoms with Gasteiger partial charge in [-0.25, -0.2) is 4.79 Å². The summed E-state index contributed by atoms with van der Waals surface area (Å²) in [5, 5.41) is 3.92. The van der Waals surface area contributed by atoms with Gasteiger partial charge in [0.2, 0.25) is 0 Å². The molecule has 1 aliphatic heterocycles. The van der Waals surface area contributed by atoms with Crippen LogP contribution in [0.1, 0.15) is 31.0 Å². The van der Waals surface area contributed by atoms with Crippen molar-refractivity contribution >= 4 is 23.3 Å². The van der Waals surface area contributed by atoms with Crippen LogP contribution in [-0.4, -0.2) is 43.4 Å². The molecule has 0 bridgehead atoms. The highest BCUT2D eigenvalue weighted by Gasteiger charge is 2.34. The van der Waals surface area contributed by atoms with Crippen LogP contribution in [0.25, 0.3) is 0 Å². The maximum atomic E-state index is 12.9. The number of benzene rings is 2. The average molecular weight is 441 g/mol. The van der Waals surface area contributed by atoms with Crippen molar-refractivity contribution < 1.29 is 19.0 Å². The molecule has 1 heterocycles. The Morgan fingerprint density at radius 2 is 1.81 bits per heavy atom. The summed E-state index contributed by atoms with van der Waals surface area (Å²) in [6, 6.07) is 15.3. The molecule has 7 heteroatoms. The lowest BCUT2D eigenvalue weighted by Gasteiger charge is -2.37. The number of rotatable bonds is 8. The van der Waals surface area contributed by atoms with Crippen LogP contribution >= 0.6 is 12.2 Å². The molecule has 31 heavy (non-hydrogen) atoms. The molecular formula is C24H28N2O4S. The van der Waals surface area contributed by atoms with Crippen molar-refractivity contribution in [3.63, 3.8) is 0 Å². The number of nitrogens with one attached hydrogen (secondary N) is 1. The Balaban J connectivity index is 1.89. The van der Waals surface area contributed by atoms with Gasteiger partial charge in [-0.1, -0.05) is 36.4 Å². The second-order valence-electron chi connectivity index (χ2n) is 7.10. The van der Waals surface area contributed by atoms with E-state index in [2.05, 4.69) is 5.32 Å². The Labute approximate surface area is 188 Å². The van der Waals surface area contributed by atoms with Gasteiger partial charge in [0.15, 0.2) is 16.6 Å². The van der Waals surface area contributed by atoms with Crippen molar-refractivity contribution in [3.05, 3.63) is 70.9 Å². The SMILES string of the molecule is CCOC(=O)C1=C(C)N(CCc2ccc(OC)c(OC)c2)C(=S)NC1c1ccccc1. The number of esters is 1. The zero-order valence-electron chi connectivity index (χ0n) is 18.3. The third-order valence-corrected chi connectivity index (χ3v) is 5.63. The van der Waals surface area contributed by atoms with Crippen LogP contribution in [0.5, 0.6) is 11.5 Å². The zero-order valence-corrected chi connectivity index (χ0v) is 19.1. The highest BCUT2D eigenvalue weighted by molar-refractivity contribution is 7.80. The Bertz CT molecular complexity index is 975. The summed E-state index contributed by atoms with van der Waals surface area (Å²) >= 11 is 5.67. The fourth-order valence-electron chi connectivity index (χ4n) is 3.70. The molecule has 6 nitrogen and oxygen atoms in total. The minimum Gasteiger partial charge on any atom is -0.493 e. The third-order valence-electron chi connectivity index (χ3n) is 5.30. The smallest absolute Gasteiger partial charge is 0.338 e. The Morgan fingerprint density at radius 1 is 1.10 bits per heavy atom. The second-order valence-corrected chi connectivity index (χ2v) is 7.49. The maximum Gasteiger partial charge on any atom is 0.338 e. The van der Waals surface area contributed by atoms with E-state index in [-0.39, 0.29) is 12.0 Å². The van der Waals surface area contributed by atoms with Gasteiger partial charge in [-0.15, -0.1) is 0 Å². The molecule has 0 saturated heterocycles. The minimum absolute atomic E-state index is 0.313. The molecular weight excluding hydrogens is 412 g/mol. The van der Waals surface area contributed by atoms with Crippen molar-refractivity contribution in [2.24, 2.45) is 0 Å². The summed E-state index contributed by atoms with van der Waals surface area (Å²) in [6.07, 6.45) is 0.714. The zero-order chi connectivity index (χ0) is 22.4. The van der Waals surface area contributed by atoms with E-state index < -0.39 is 0 Å². The van der Waals surface area contributed by atoms with E-state index in [1.807, 2.05) is 60.4 Å². The molecule has 3 rings (SSSR count). The number of carbonyl (C=O) groups excluding carboxylic acids is 1. The third kappa shape index (κ3) is 4.99. The van der Waals surface area contributed by atoms with Crippen molar-refractivity contribution in [1.82, 2.24) is 10.2 Å². The molecule has 0 saturated carbocycles. The van der Waals surface area contributed by atoms with Gasteiger partial charge in [0.1, 0.15) is 0 Å². The van der Waals surface area contributed by atoms with Gasteiger partial charge in [0, 0.05) is 12.2 Å². The molecule has 1 unspecified atom stereocenters. The van der Waals surface area contributed by atoms with Crippen molar-refractivity contribution in [2.75, 3.05) is 27.4 Å². The molecule has 0 amide bonds. The number of ether oxygens (including phenoxy) is 3. The summed E-state index contributed by atoms with van der Waals surface area (Å²) < 4.78 is 16.1. The highest BCUT2D eigenvalue weighted by Crippen LogP contribution is 2.32. The molecule has 0 aliphatic carbocycles. The van der Waals surface area contributed by atoms with Gasteiger partial charge in [-0.05, 0) is 55.7 Å². The highest BCUT2D eigenvalue weighted by atomic mass is 32.1. The Hall–Kier alpha value is -3.06. The van der Waals surface area contributed by atoms with E-state index >= 15 is 0 Å². The number of carbonyl (C=O) groups is 1. The second kappa shape index (κ2) is 10.3. The number of hydrogen-bond donors (Lipinski definition) is 1. The van der Waals surface area contributed by atoms with Crippen molar-refractivity contribution in [3.8, 4) is 11.5 Å². The van der Waals surface area contributed by atoms with Crippen LogP contribution in [0.4, 0.5) is 0 Å². The predicted octanol–water partition coefficient (Wildman–Crippen LogP) is 4.01. The van der Waals surface area contributed by atoms with E-state index in [4.69, 9.17) is 26.4 Å². The van der Waals surface area contributed by atoms with E-state index in [9.17, 15) is 4.79 Å². The molecule has 1 N–H and O–H groups in total. The van der Waals surface area contributed by atoms with Gasteiger partial charge in [-0.3, -0.25) is 0 Å². The largest absolute Gasteiger partial charge is 0.493 e. The van der Waals surface area contributed by atoms with Crippen LogP contribution in [0.3, 0.4) is 0 Å². The molecule has 0 radical (unpaired) electrons. The fraction of sp³-hybridized carbons (Fsp3) is 0.333. The number of thiocarbonyl (C=S) groups is 1. The first-order chi connectivity index (χ1) is 15.0.